The maximum atomic E-state index is 12.0. The average molecular weight is 311 g/mol. The summed E-state index contributed by atoms with van der Waals surface area (Å²) in [6.07, 6.45) is 2.33. The van der Waals surface area contributed by atoms with Gasteiger partial charge >= 0.3 is 0 Å². The van der Waals surface area contributed by atoms with Crippen molar-refractivity contribution in [2.75, 3.05) is 5.32 Å². The van der Waals surface area contributed by atoms with E-state index in [0.29, 0.717) is 21.5 Å². The third kappa shape index (κ3) is 3.07. The molecule has 106 valence electrons. The molecule has 1 amide bonds. The number of hydrogen-bond acceptors (Lipinski definition) is 5. The summed E-state index contributed by atoms with van der Waals surface area (Å²) in [5, 5.41) is 9.67. The number of rotatable bonds is 5. The van der Waals surface area contributed by atoms with E-state index in [2.05, 4.69) is 15.5 Å². The van der Waals surface area contributed by atoms with Crippen molar-refractivity contribution in [1.82, 2.24) is 10.2 Å². The molecule has 6 nitrogen and oxygen atoms in total. The van der Waals surface area contributed by atoms with Crippen LogP contribution in [0.4, 0.5) is 5.82 Å². The van der Waals surface area contributed by atoms with Gasteiger partial charge in [-0.2, -0.15) is 5.10 Å². The molecule has 2 aromatic heterocycles. The minimum absolute atomic E-state index is 0.0263. The molecule has 0 aromatic carbocycles. The highest BCUT2D eigenvalue weighted by Crippen LogP contribution is 2.39. The number of carbonyl (C=O) groups excluding carboxylic acids is 1. The Bertz CT molecular complexity index is 705. The van der Waals surface area contributed by atoms with Crippen LogP contribution in [0.3, 0.4) is 0 Å². The van der Waals surface area contributed by atoms with Crippen LogP contribution < -0.4 is 5.32 Å². The van der Waals surface area contributed by atoms with E-state index in [-0.39, 0.29) is 11.7 Å². The third-order valence-electron chi connectivity index (χ3n) is 3.03. The number of hydrogen-bond donors (Lipinski definition) is 3. The fraction of sp³-hybridized carbons (Fsp3) is 0.333. The number of thiophene rings is 1. The lowest BCUT2D eigenvalue weighted by molar-refractivity contribution is 0.103. The van der Waals surface area contributed by atoms with E-state index >= 15 is 0 Å². The average Bonchev–Trinajstić information content (AvgIpc) is 2.96. The molecular weight excluding hydrogens is 298 g/mol. The predicted molar refractivity (Wildman–Crippen MR) is 76.9 cm³/mol. The molecular formula is C12H13N3O3S2. The number of amides is 1. The van der Waals surface area contributed by atoms with Gasteiger partial charge in [0.2, 0.25) is 0 Å². The van der Waals surface area contributed by atoms with E-state index in [1.165, 1.54) is 11.3 Å². The van der Waals surface area contributed by atoms with Crippen LogP contribution in [0.15, 0.2) is 18.2 Å². The van der Waals surface area contributed by atoms with Gasteiger partial charge in [0, 0.05) is 22.6 Å². The van der Waals surface area contributed by atoms with Gasteiger partial charge in [0.25, 0.3) is 5.91 Å². The summed E-state index contributed by atoms with van der Waals surface area (Å²) in [5.74, 6) is 0.759. The molecule has 0 aliphatic heterocycles. The van der Waals surface area contributed by atoms with Crippen LogP contribution in [0.5, 0.6) is 0 Å². The van der Waals surface area contributed by atoms with E-state index in [0.717, 1.165) is 18.5 Å². The van der Waals surface area contributed by atoms with E-state index in [1.807, 2.05) is 6.07 Å². The molecule has 1 fully saturated rings. The first kappa shape index (κ1) is 13.3. The smallest absolute Gasteiger partial charge is 0.266 e. The summed E-state index contributed by atoms with van der Waals surface area (Å²) in [5.41, 5.74) is 1.05. The van der Waals surface area contributed by atoms with E-state index in [9.17, 15) is 13.2 Å². The molecule has 3 rings (SSSR count). The van der Waals surface area contributed by atoms with Crippen LogP contribution in [0.2, 0.25) is 0 Å². The van der Waals surface area contributed by atoms with Gasteiger partial charge < -0.3 is 5.32 Å². The number of thiol groups is 1. The third-order valence-corrected chi connectivity index (χ3v) is 4.92. The van der Waals surface area contributed by atoms with Gasteiger partial charge in [-0.05, 0) is 25.0 Å². The van der Waals surface area contributed by atoms with Crippen molar-refractivity contribution in [1.29, 1.82) is 0 Å². The summed E-state index contributed by atoms with van der Waals surface area (Å²) in [6, 6.07) is 5.13. The molecule has 1 aliphatic carbocycles. The Morgan fingerprint density at radius 3 is 2.95 bits per heavy atom. The molecule has 0 spiro atoms. The zero-order valence-corrected chi connectivity index (χ0v) is 12.2. The van der Waals surface area contributed by atoms with Gasteiger partial charge in [0.15, 0.2) is 5.82 Å². The lowest BCUT2D eigenvalue weighted by Gasteiger charge is -1.97. The van der Waals surface area contributed by atoms with Crippen molar-refractivity contribution in [3.63, 3.8) is 0 Å². The number of H-pyrrole nitrogens is 1. The number of nitrogens with one attached hydrogen (secondary N) is 2. The molecule has 20 heavy (non-hydrogen) atoms. The van der Waals surface area contributed by atoms with Gasteiger partial charge in [-0.3, -0.25) is 9.89 Å². The van der Waals surface area contributed by atoms with Crippen molar-refractivity contribution in [2.45, 2.75) is 24.5 Å². The zero-order chi connectivity index (χ0) is 14.1. The molecule has 0 radical (unpaired) electrons. The lowest BCUT2D eigenvalue weighted by atomic mass is 10.3. The molecule has 0 saturated heterocycles. The largest absolute Gasteiger partial charge is 0.304 e. The highest BCUT2D eigenvalue weighted by atomic mass is 32.2. The van der Waals surface area contributed by atoms with E-state index < -0.39 is 10.7 Å². The monoisotopic (exact) mass is 311 g/mol. The molecule has 1 saturated carbocycles. The van der Waals surface area contributed by atoms with Gasteiger partial charge in [-0.25, -0.2) is 8.42 Å². The molecule has 2 aromatic rings. The highest BCUT2D eigenvalue weighted by molar-refractivity contribution is 7.71. The Balaban J connectivity index is 1.66. The van der Waals surface area contributed by atoms with Crippen LogP contribution >= 0.6 is 11.3 Å². The second-order valence-corrected chi connectivity index (χ2v) is 6.84. The number of aromatic amines is 1. The number of anilines is 1. The predicted octanol–water partition coefficient (Wildman–Crippen LogP) is 1.71. The SMILES string of the molecule is O=C(Nc1cc(C2CC2)[nH]n1)c1ccc(C[SH](=O)=O)s1. The molecule has 2 N–H and O–H groups in total. The van der Waals surface area contributed by atoms with Gasteiger partial charge in [-0.15, -0.1) is 11.3 Å². The normalized spacial score (nSPS) is 14.7. The quantitative estimate of drug-likeness (QED) is 0.733. The second-order valence-electron chi connectivity index (χ2n) is 4.69. The van der Waals surface area contributed by atoms with Crippen LogP contribution in [-0.2, 0) is 16.5 Å². The van der Waals surface area contributed by atoms with Gasteiger partial charge in [0.05, 0.1) is 10.6 Å². The molecule has 8 heteroatoms. The summed E-state index contributed by atoms with van der Waals surface area (Å²) < 4.78 is 21.3. The summed E-state index contributed by atoms with van der Waals surface area (Å²) in [6.45, 7) is 0. The zero-order valence-electron chi connectivity index (χ0n) is 10.5. The number of carbonyl (C=O) groups is 1. The van der Waals surface area contributed by atoms with Crippen LogP contribution in [-0.4, -0.2) is 24.5 Å². The highest BCUT2D eigenvalue weighted by Gasteiger charge is 2.25. The molecule has 0 atom stereocenters. The first-order chi connectivity index (χ1) is 9.61. The fourth-order valence-electron chi connectivity index (χ4n) is 1.89. The minimum atomic E-state index is -2.47. The maximum absolute atomic E-state index is 12.0. The summed E-state index contributed by atoms with van der Waals surface area (Å²) >= 11 is 1.18. The van der Waals surface area contributed by atoms with Gasteiger partial charge in [-0.1, -0.05) is 0 Å². The standard InChI is InChI=1S/C12H13N3O3S2/c16-12(10-4-3-8(19-10)6-20(17)18)13-11-5-9(14-15-11)7-1-2-7/h3-5,7,20H,1-2,6H2,(H2,13,14,15,16). The molecule has 1 aliphatic rings. The minimum Gasteiger partial charge on any atom is -0.304 e. The van der Waals surface area contributed by atoms with Crippen LogP contribution in [0.1, 0.15) is 39.0 Å². The van der Waals surface area contributed by atoms with Gasteiger partial charge in [0.1, 0.15) is 10.7 Å². The summed E-state index contributed by atoms with van der Waals surface area (Å²) in [4.78, 5) is 13.1. The fourth-order valence-corrected chi connectivity index (χ4v) is 3.53. The number of aromatic nitrogens is 2. The Labute approximate surface area is 121 Å². The van der Waals surface area contributed by atoms with E-state index in [4.69, 9.17) is 0 Å². The molecule has 2 heterocycles. The second kappa shape index (κ2) is 5.37. The van der Waals surface area contributed by atoms with Crippen molar-refractivity contribution in [3.8, 4) is 0 Å². The first-order valence-corrected chi connectivity index (χ1v) is 8.37. The Morgan fingerprint density at radius 1 is 1.45 bits per heavy atom. The lowest BCUT2D eigenvalue weighted by Crippen LogP contribution is -2.10. The van der Waals surface area contributed by atoms with Crippen LogP contribution in [0, 0.1) is 0 Å². The van der Waals surface area contributed by atoms with Crippen molar-refractivity contribution < 1.29 is 13.2 Å². The Morgan fingerprint density at radius 2 is 2.25 bits per heavy atom. The molecule has 0 unspecified atom stereocenters. The Hall–Kier alpha value is -1.67. The topological polar surface area (TPSA) is 91.9 Å². The summed E-state index contributed by atoms with van der Waals surface area (Å²) in [7, 11) is -2.47. The molecule has 0 bridgehead atoms. The van der Waals surface area contributed by atoms with Crippen LogP contribution in [0.25, 0.3) is 0 Å². The first-order valence-electron chi connectivity index (χ1n) is 6.19. The van der Waals surface area contributed by atoms with Crippen molar-refractivity contribution in [2.24, 2.45) is 0 Å². The maximum Gasteiger partial charge on any atom is 0.266 e. The van der Waals surface area contributed by atoms with E-state index in [1.54, 1.807) is 12.1 Å². The van der Waals surface area contributed by atoms with Crippen molar-refractivity contribution >= 4 is 33.8 Å². The Kier molecular flexibility index (Phi) is 3.58. The number of nitrogens with zero attached hydrogens (tertiary/aromatic N) is 1. The van der Waals surface area contributed by atoms with Crippen molar-refractivity contribution in [3.05, 3.63) is 33.6 Å².